The van der Waals surface area contributed by atoms with Gasteiger partial charge in [-0.1, -0.05) is 18.2 Å². The maximum Gasteiger partial charge on any atom is 0.257 e. The van der Waals surface area contributed by atoms with E-state index in [1.807, 2.05) is 6.07 Å². The molecule has 1 amide bonds. The van der Waals surface area contributed by atoms with Crippen molar-refractivity contribution in [1.29, 1.82) is 0 Å². The van der Waals surface area contributed by atoms with Crippen LogP contribution in [0.25, 0.3) is 11.1 Å². The summed E-state index contributed by atoms with van der Waals surface area (Å²) in [6.07, 6.45) is 4.86. The van der Waals surface area contributed by atoms with Crippen LogP contribution in [0.3, 0.4) is 0 Å². The average Bonchev–Trinajstić information content (AvgIpc) is 3.22. The predicted octanol–water partition coefficient (Wildman–Crippen LogP) is 4.74. The summed E-state index contributed by atoms with van der Waals surface area (Å²) < 4.78 is 13.4. The van der Waals surface area contributed by atoms with E-state index in [4.69, 9.17) is 0 Å². The molecule has 4 rings (SSSR count). The van der Waals surface area contributed by atoms with Gasteiger partial charge in [0.1, 0.15) is 5.82 Å². The number of carbonyl (C=O) groups excluding carboxylic acids is 1. The largest absolute Gasteiger partial charge is 0.324 e. The van der Waals surface area contributed by atoms with E-state index in [0.717, 1.165) is 0 Å². The fourth-order valence-corrected chi connectivity index (χ4v) is 3.06. The summed E-state index contributed by atoms with van der Waals surface area (Å²) in [5.41, 5.74) is 2.57. The number of carbonyl (C=O) groups is 1. The Balaban J connectivity index is 1.47. The van der Waals surface area contributed by atoms with Crippen molar-refractivity contribution < 1.29 is 9.18 Å². The van der Waals surface area contributed by atoms with E-state index in [-0.39, 0.29) is 11.7 Å². The molecular weight excluding hydrogens is 377 g/mol. The van der Waals surface area contributed by atoms with Crippen molar-refractivity contribution in [1.82, 2.24) is 15.0 Å². The summed E-state index contributed by atoms with van der Waals surface area (Å²) in [7, 11) is 0. The summed E-state index contributed by atoms with van der Waals surface area (Å²) in [6, 6.07) is 13.2. The third kappa shape index (κ3) is 4.18. The molecule has 8 heteroatoms. The highest BCUT2D eigenvalue weighted by molar-refractivity contribution is 7.13. The van der Waals surface area contributed by atoms with Crippen LogP contribution in [-0.4, -0.2) is 20.9 Å². The fourth-order valence-electron chi connectivity index (χ4n) is 2.53. The van der Waals surface area contributed by atoms with E-state index >= 15 is 0 Å². The van der Waals surface area contributed by atoms with Gasteiger partial charge < -0.3 is 5.32 Å². The number of amides is 1. The van der Waals surface area contributed by atoms with Crippen molar-refractivity contribution in [3.8, 4) is 11.1 Å². The lowest BCUT2D eigenvalue weighted by molar-refractivity contribution is 0.102. The topological polar surface area (TPSA) is 79.8 Å². The highest BCUT2D eigenvalue weighted by Gasteiger charge is 2.09. The molecule has 2 aromatic heterocycles. The van der Waals surface area contributed by atoms with Crippen molar-refractivity contribution in [2.75, 3.05) is 10.6 Å². The van der Waals surface area contributed by atoms with Gasteiger partial charge in [-0.2, -0.15) is 0 Å². The van der Waals surface area contributed by atoms with Gasteiger partial charge in [-0.3, -0.25) is 10.1 Å². The molecule has 138 valence electrons. The molecule has 4 aromatic rings. The van der Waals surface area contributed by atoms with Crippen LogP contribution in [-0.2, 0) is 0 Å². The number of nitrogens with zero attached hydrogens (tertiary/aromatic N) is 3. The lowest BCUT2D eigenvalue weighted by Crippen LogP contribution is -2.11. The summed E-state index contributed by atoms with van der Waals surface area (Å²) >= 11 is 1.35. The average molecular weight is 391 g/mol. The molecule has 6 nitrogen and oxygen atoms in total. The number of benzene rings is 2. The van der Waals surface area contributed by atoms with Crippen LogP contribution in [0, 0.1) is 5.82 Å². The second-order valence-electron chi connectivity index (χ2n) is 5.80. The molecule has 0 saturated carbocycles. The van der Waals surface area contributed by atoms with E-state index in [2.05, 4.69) is 25.6 Å². The third-order valence-electron chi connectivity index (χ3n) is 3.84. The van der Waals surface area contributed by atoms with Gasteiger partial charge in [0.2, 0.25) is 5.95 Å². The molecule has 0 aliphatic carbocycles. The van der Waals surface area contributed by atoms with Crippen LogP contribution in [0.4, 0.5) is 21.2 Å². The molecule has 0 fully saturated rings. The standard InChI is InChI=1S/C20H14FN5OS/c21-16-5-1-3-13(9-16)15-11-23-19(24-12-15)25-17-6-2-4-14(10-17)18(27)26-20-22-7-8-28-20/h1-12H,(H,22,26,27)(H,23,24,25). The summed E-state index contributed by atoms with van der Waals surface area (Å²) in [6.45, 7) is 0. The Bertz CT molecular complexity index is 1100. The van der Waals surface area contributed by atoms with Crippen molar-refractivity contribution in [2.24, 2.45) is 0 Å². The van der Waals surface area contributed by atoms with Crippen molar-refractivity contribution in [3.05, 3.63) is 83.9 Å². The molecule has 0 unspecified atom stereocenters. The number of thiazole rings is 1. The number of anilines is 3. The Morgan fingerprint density at radius 3 is 2.54 bits per heavy atom. The Labute approximate surface area is 164 Å². The van der Waals surface area contributed by atoms with E-state index in [9.17, 15) is 9.18 Å². The van der Waals surface area contributed by atoms with Crippen molar-refractivity contribution in [2.45, 2.75) is 0 Å². The Hall–Kier alpha value is -3.65. The zero-order valence-corrected chi connectivity index (χ0v) is 15.3. The molecule has 0 radical (unpaired) electrons. The minimum absolute atomic E-state index is 0.249. The first-order chi connectivity index (χ1) is 13.7. The lowest BCUT2D eigenvalue weighted by Gasteiger charge is -2.08. The highest BCUT2D eigenvalue weighted by Crippen LogP contribution is 2.21. The molecule has 2 N–H and O–H groups in total. The van der Waals surface area contributed by atoms with E-state index < -0.39 is 0 Å². The van der Waals surface area contributed by atoms with Crippen LogP contribution in [0.1, 0.15) is 10.4 Å². The maximum absolute atomic E-state index is 13.4. The van der Waals surface area contributed by atoms with Crippen molar-refractivity contribution >= 4 is 34.0 Å². The number of rotatable bonds is 5. The molecule has 0 aliphatic heterocycles. The van der Waals surface area contributed by atoms with Crippen molar-refractivity contribution in [3.63, 3.8) is 0 Å². The van der Waals surface area contributed by atoms with Crippen LogP contribution in [0.5, 0.6) is 0 Å². The van der Waals surface area contributed by atoms with Gasteiger partial charge in [0.05, 0.1) is 0 Å². The van der Waals surface area contributed by atoms with Crippen LogP contribution in [0.15, 0.2) is 72.5 Å². The Kier molecular flexibility index (Phi) is 5.03. The lowest BCUT2D eigenvalue weighted by atomic mass is 10.1. The van der Waals surface area contributed by atoms with E-state index in [1.165, 1.54) is 23.5 Å². The normalized spacial score (nSPS) is 10.5. The predicted molar refractivity (Wildman–Crippen MR) is 107 cm³/mol. The number of hydrogen-bond acceptors (Lipinski definition) is 6. The Morgan fingerprint density at radius 1 is 0.964 bits per heavy atom. The molecule has 0 atom stereocenters. The smallest absolute Gasteiger partial charge is 0.257 e. The minimum atomic E-state index is -0.312. The van der Waals surface area contributed by atoms with E-state index in [1.54, 1.807) is 54.3 Å². The third-order valence-corrected chi connectivity index (χ3v) is 4.53. The first kappa shape index (κ1) is 17.7. The quantitative estimate of drug-likeness (QED) is 0.514. The SMILES string of the molecule is O=C(Nc1nccs1)c1cccc(Nc2ncc(-c3cccc(F)c3)cn2)c1. The first-order valence-corrected chi connectivity index (χ1v) is 9.21. The summed E-state index contributed by atoms with van der Waals surface area (Å²) in [5.74, 6) is -0.189. The fraction of sp³-hybridized carbons (Fsp3) is 0. The summed E-state index contributed by atoms with van der Waals surface area (Å²) in [5, 5.41) is 8.13. The van der Waals surface area contributed by atoms with Gasteiger partial charge in [0, 0.05) is 40.8 Å². The molecule has 0 spiro atoms. The maximum atomic E-state index is 13.4. The number of nitrogens with one attached hydrogen (secondary N) is 2. The molecular formula is C20H14FN5OS. The summed E-state index contributed by atoms with van der Waals surface area (Å²) in [4.78, 5) is 24.9. The van der Waals surface area contributed by atoms with E-state index in [0.29, 0.717) is 33.5 Å². The monoisotopic (exact) mass is 391 g/mol. The molecule has 28 heavy (non-hydrogen) atoms. The second-order valence-corrected chi connectivity index (χ2v) is 6.70. The van der Waals surface area contributed by atoms with Gasteiger partial charge in [0.25, 0.3) is 5.91 Å². The number of hydrogen-bond donors (Lipinski definition) is 2. The molecule has 0 bridgehead atoms. The highest BCUT2D eigenvalue weighted by atomic mass is 32.1. The van der Waals surface area contributed by atoms with Crippen LogP contribution < -0.4 is 10.6 Å². The number of aromatic nitrogens is 3. The number of halogens is 1. The van der Waals surface area contributed by atoms with Gasteiger partial charge in [-0.25, -0.2) is 19.3 Å². The van der Waals surface area contributed by atoms with Gasteiger partial charge in [-0.15, -0.1) is 11.3 Å². The van der Waals surface area contributed by atoms with Gasteiger partial charge >= 0.3 is 0 Å². The molecule has 0 aliphatic rings. The molecule has 0 saturated heterocycles. The Morgan fingerprint density at radius 2 is 1.79 bits per heavy atom. The zero-order chi connectivity index (χ0) is 19.3. The second kappa shape index (κ2) is 7.93. The first-order valence-electron chi connectivity index (χ1n) is 8.33. The molecule has 2 heterocycles. The van der Waals surface area contributed by atoms with Gasteiger partial charge in [0.15, 0.2) is 5.13 Å². The minimum Gasteiger partial charge on any atom is -0.324 e. The van der Waals surface area contributed by atoms with Crippen LogP contribution in [0.2, 0.25) is 0 Å². The zero-order valence-electron chi connectivity index (χ0n) is 14.5. The molecule has 2 aromatic carbocycles. The van der Waals surface area contributed by atoms with Crippen LogP contribution >= 0.6 is 11.3 Å². The van der Waals surface area contributed by atoms with Gasteiger partial charge in [-0.05, 0) is 35.9 Å².